The van der Waals surface area contributed by atoms with Crippen LogP contribution in [0.15, 0.2) is 26.1 Å². The van der Waals surface area contributed by atoms with Gasteiger partial charge in [0.25, 0.3) is 5.56 Å². The van der Waals surface area contributed by atoms with E-state index in [-0.39, 0.29) is 11.2 Å². The Morgan fingerprint density at radius 3 is 2.60 bits per heavy atom. The summed E-state index contributed by atoms with van der Waals surface area (Å²) in [6.45, 7) is 0. The number of carbonyl (C=O) groups excluding carboxylic acids is 1. The van der Waals surface area contributed by atoms with E-state index in [1.165, 1.54) is 7.05 Å². The molecule has 2 aromatic rings. The molecule has 0 aliphatic carbocycles. The summed E-state index contributed by atoms with van der Waals surface area (Å²) < 4.78 is 3.83. The maximum atomic E-state index is 11.7. The van der Waals surface area contributed by atoms with Crippen molar-refractivity contribution >= 4 is 65.8 Å². The Morgan fingerprint density at radius 1 is 1.35 bits per heavy atom. The first-order valence-corrected chi connectivity index (χ1v) is 7.70. The highest BCUT2D eigenvalue weighted by atomic mass is 79.9. The average Bonchev–Trinajstić information content (AvgIpc) is 2.70. The van der Waals surface area contributed by atoms with E-state index in [9.17, 15) is 9.59 Å². The van der Waals surface area contributed by atoms with Gasteiger partial charge in [0.15, 0.2) is 0 Å². The van der Waals surface area contributed by atoms with Gasteiger partial charge in [-0.05, 0) is 55.5 Å². The van der Waals surface area contributed by atoms with Crippen molar-refractivity contribution in [3.8, 4) is 0 Å². The minimum Gasteiger partial charge on any atom is -0.344 e. The van der Waals surface area contributed by atoms with Crippen LogP contribution in [-0.2, 0) is 0 Å². The summed E-state index contributed by atoms with van der Waals surface area (Å²) in [5.74, 6) is 0. The largest absolute Gasteiger partial charge is 0.344 e. The van der Waals surface area contributed by atoms with E-state index >= 15 is 0 Å². The van der Waals surface area contributed by atoms with Gasteiger partial charge in [-0.15, -0.1) is 0 Å². The highest BCUT2D eigenvalue weighted by molar-refractivity contribution is 9.11. The number of rotatable bonds is 3. The van der Waals surface area contributed by atoms with Crippen molar-refractivity contribution in [2.45, 2.75) is 0 Å². The van der Waals surface area contributed by atoms with Crippen LogP contribution in [0.1, 0.15) is 0 Å². The molecule has 0 saturated heterocycles. The lowest BCUT2D eigenvalue weighted by atomic mass is 10.4. The minimum absolute atomic E-state index is 0.165. The number of pyridine rings is 1. The van der Waals surface area contributed by atoms with E-state index in [1.807, 2.05) is 0 Å². The molecule has 0 aliphatic heterocycles. The van der Waals surface area contributed by atoms with E-state index in [4.69, 9.17) is 0 Å². The first-order chi connectivity index (χ1) is 9.49. The highest BCUT2D eigenvalue weighted by Gasteiger charge is 2.13. The van der Waals surface area contributed by atoms with Gasteiger partial charge in [-0.3, -0.25) is 9.17 Å². The predicted octanol–water partition coefficient (Wildman–Crippen LogP) is 2.85. The Bertz CT molecular complexity index is 679. The van der Waals surface area contributed by atoms with Gasteiger partial charge in [0.2, 0.25) is 0 Å². The molecule has 20 heavy (non-hydrogen) atoms. The van der Waals surface area contributed by atoms with Crippen LogP contribution in [0.25, 0.3) is 0 Å². The maximum Gasteiger partial charge on any atom is 0.319 e. The zero-order valence-electron chi connectivity index (χ0n) is 10.1. The van der Waals surface area contributed by atoms with E-state index in [0.29, 0.717) is 19.9 Å². The molecule has 0 fully saturated rings. The molecule has 2 aromatic heterocycles. The minimum atomic E-state index is -0.464. The number of nitrogens with zero attached hydrogens (tertiary/aromatic N) is 1. The molecule has 0 spiro atoms. The first-order valence-electron chi connectivity index (χ1n) is 5.30. The molecule has 0 radical (unpaired) electrons. The molecule has 0 aromatic carbocycles. The second kappa shape index (κ2) is 6.37. The van der Waals surface area contributed by atoms with Crippen molar-refractivity contribution in [3.05, 3.63) is 31.7 Å². The van der Waals surface area contributed by atoms with Gasteiger partial charge in [0.05, 0.1) is 0 Å². The van der Waals surface area contributed by atoms with E-state index in [2.05, 4.69) is 57.2 Å². The normalized spacial score (nSPS) is 10.2. The van der Waals surface area contributed by atoms with Crippen molar-refractivity contribution in [1.29, 1.82) is 0 Å². The molecule has 7 nitrogen and oxygen atoms in total. The van der Waals surface area contributed by atoms with E-state index in [0.717, 1.165) is 11.5 Å². The maximum absolute atomic E-state index is 11.7. The van der Waals surface area contributed by atoms with Crippen molar-refractivity contribution in [2.75, 3.05) is 17.7 Å². The third-order valence-electron chi connectivity index (χ3n) is 2.19. The predicted molar refractivity (Wildman–Crippen MR) is 85.9 cm³/mol. The van der Waals surface area contributed by atoms with Crippen LogP contribution < -0.4 is 21.5 Å². The number of hydrogen-bond acceptors (Lipinski definition) is 5. The number of anilines is 3. The van der Waals surface area contributed by atoms with Crippen LogP contribution in [-0.4, -0.2) is 22.4 Å². The van der Waals surface area contributed by atoms with Crippen LogP contribution >= 0.6 is 43.4 Å². The lowest BCUT2D eigenvalue weighted by Crippen LogP contribution is -2.27. The molecule has 10 heteroatoms. The number of amides is 2. The Hall–Kier alpha value is -1.39. The summed E-state index contributed by atoms with van der Waals surface area (Å²) in [7, 11) is 1.47. The Kier molecular flexibility index (Phi) is 4.78. The van der Waals surface area contributed by atoms with Gasteiger partial charge in [-0.25, -0.2) is 9.78 Å². The number of H-pyrrole nitrogens is 1. The Labute approximate surface area is 134 Å². The van der Waals surface area contributed by atoms with Crippen LogP contribution in [0.3, 0.4) is 0 Å². The topological polar surface area (TPSA) is 98.9 Å². The lowest BCUT2D eigenvalue weighted by Gasteiger charge is -2.07. The highest BCUT2D eigenvalue weighted by Crippen LogP contribution is 2.28. The monoisotopic (exact) mass is 421 g/mol. The van der Waals surface area contributed by atoms with Crippen molar-refractivity contribution < 1.29 is 4.79 Å². The fourth-order valence-corrected chi connectivity index (χ4v) is 3.17. The molecular formula is C10H9Br2N5O2S. The zero-order valence-corrected chi connectivity index (χ0v) is 14.1. The first kappa shape index (κ1) is 15.0. The van der Waals surface area contributed by atoms with Crippen LogP contribution in [0.2, 0.25) is 0 Å². The molecule has 4 N–H and O–H groups in total. The fraction of sp³-hybridized carbons (Fsp3) is 0.100. The van der Waals surface area contributed by atoms with Crippen molar-refractivity contribution in [1.82, 2.24) is 14.7 Å². The van der Waals surface area contributed by atoms with Gasteiger partial charge in [0.1, 0.15) is 19.9 Å². The van der Waals surface area contributed by atoms with Crippen LogP contribution in [0.4, 0.5) is 21.2 Å². The number of aromatic amines is 1. The molecule has 2 heterocycles. The number of aromatic nitrogens is 2. The smallest absolute Gasteiger partial charge is 0.319 e. The number of nitrogens with one attached hydrogen (secondary N) is 4. The SMILES string of the molecule is CNC(=O)Nc1c(Nc2cc(Br)nc(Br)c2)s[nH]c1=O. The summed E-state index contributed by atoms with van der Waals surface area (Å²) >= 11 is 7.64. The number of halogens is 2. The van der Waals surface area contributed by atoms with E-state index in [1.54, 1.807) is 12.1 Å². The number of hydrogen-bond donors (Lipinski definition) is 4. The van der Waals surface area contributed by atoms with E-state index < -0.39 is 6.03 Å². The van der Waals surface area contributed by atoms with Crippen LogP contribution in [0.5, 0.6) is 0 Å². The molecule has 106 valence electrons. The molecule has 0 unspecified atom stereocenters. The number of urea groups is 1. The van der Waals surface area contributed by atoms with Crippen molar-refractivity contribution in [3.63, 3.8) is 0 Å². The summed E-state index contributed by atoms with van der Waals surface area (Å²) in [4.78, 5) is 27.1. The third-order valence-corrected chi connectivity index (χ3v) is 3.80. The van der Waals surface area contributed by atoms with Crippen molar-refractivity contribution in [2.24, 2.45) is 0 Å². The molecule has 0 aliphatic rings. The summed E-state index contributed by atoms with van der Waals surface area (Å²) in [6, 6.07) is 3.03. The summed E-state index contributed by atoms with van der Waals surface area (Å²) in [5.41, 5.74) is 0.514. The fourth-order valence-electron chi connectivity index (χ4n) is 1.35. The zero-order chi connectivity index (χ0) is 14.7. The van der Waals surface area contributed by atoms with Gasteiger partial charge in [-0.1, -0.05) is 0 Å². The van der Waals surface area contributed by atoms with Gasteiger partial charge < -0.3 is 16.0 Å². The standard InChI is InChI=1S/C10H9Br2N5O2S/c1-13-10(19)16-7-8(18)17-20-9(7)14-4-2-5(11)15-6(12)3-4/h2-3H,1H3,(H,14,15)(H,17,18)(H2,13,16,19). The number of carbonyl (C=O) groups is 1. The summed E-state index contributed by atoms with van der Waals surface area (Å²) in [5, 5.41) is 8.41. The third kappa shape index (κ3) is 3.58. The average molecular weight is 423 g/mol. The molecule has 0 bridgehead atoms. The molecule has 0 saturated carbocycles. The molecule has 2 amide bonds. The van der Waals surface area contributed by atoms with Gasteiger partial charge >= 0.3 is 6.03 Å². The second-order valence-corrected chi connectivity index (χ2v) is 6.01. The summed E-state index contributed by atoms with van der Waals surface area (Å²) in [6.07, 6.45) is 0. The molecule has 0 atom stereocenters. The Morgan fingerprint density at radius 2 is 2.00 bits per heavy atom. The quantitative estimate of drug-likeness (QED) is 0.571. The van der Waals surface area contributed by atoms with Gasteiger partial charge in [0, 0.05) is 12.7 Å². The lowest BCUT2D eigenvalue weighted by molar-refractivity contribution is 0.254. The van der Waals surface area contributed by atoms with Crippen LogP contribution in [0, 0.1) is 0 Å². The van der Waals surface area contributed by atoms with Gasteiger partial charge in [-0.2, -0.15) is 0 Å². The molecule has 2 rings (SSSR count). The second-order valence-electron chi connectivity index (χ2n) is 3.57. The molecular weight excluding hydrogens is 414 g/mol. The Balaban J connectivity index is 2.29.